The molecule has 2 aromatic carbocycles. The second kappa shape index (κ2) is 10.9. The number of piperazine rings is 1. The van der Waals surface area contributed by atoms with Gasteiger partial charge in [0.05, 0.1) is 6.21 Å². The van der Waals surface area contributed by atoms with Crippen molar-refractivity contribution >= 4 is 23.7 Å². The number of aromatic hydroxyl groups is 1. The smallest absolute Gasteiger partial charge is 0.295 e. The number of halogens is 1. The predicted molar refractivity (Wildman–Crippen MR) is 119 cm³/mol. The third-order valence-electron chi connectivity index (χ3n) is 5.38. The van der Waals surface area contributed by atoms with Crippen LogP contribution in [0.2, 0.25) is 5.02 Å². The molecule has 7 heteroatoms. The molecule has 30 heavy (non-hydrogen) atoms. The lowest BCUT2D eigenvalue weighted by atomic mass is 10.1. The fourth-order valence-electron chi connectivity index (χ4n) is 3.70. The zero-order valence-corrected chi connectivity index (χ0v) is 17.8. The van der Waals surface area contributed by atoms with Crippen LogP contribution in [0.4, 0.5) is 0 Å². The largest absolute Gasteiger partial charge is 0.507 e. The number of nitrogens with one attached hydrogen (secondary N) is 3. The molecule has 0 spiro atoms. The van der Waals surface area contributed by atoms with Crippen LogP contribution in [0.25, 0.3) is 0 Å². The van der Waals surface area contributed by atoms with Crippen LogP contribution in [0.3, 0.4) is 0 Å². The molecule has 1 aliphatic rings. The number of carbonyl (C=O) groups is 1. The van der Waals surface area contributed by atoms with Crippen molar-refractivity contribution in [1.82, 2.24) is 5.43 Å². The number of quaternary nitrogens is 2. The number of carbonyl (C=O) groups excluding carboxylic acids is 1. The number of hydrazone groups is 1. The van der Waals surface area contributed by atoms with Crippen molar-refractivity contribution in [3.05, 3.63) is 76.8 Å². The highest BCUT2D eigenvalue weighted by Gasteiger charge is 2.25. The monoisotopic (exact) mass is 428 g/mol. The van der Waals surface area contributed by atoms with Crippen LogP contribution in [-0.2, 0) is 17.8 Å². The summed E-state index contributed by atoms with van der Waals surface area (Å²) in [6.07, 6.45) is 3.78. The van der Waals surface area contributed by atoms with Gasteiger partial charge in [-0.05, 0) is 24.1 Å². The first-order valence-electron chi connectivity index (χ1n) is 10.2. The van der Waals surface area contributed by atoms with Crippen molar-refractivity contribution in [2.75, 3.05) is 32.7 Å². The lowest BCUT2D eigenvalue weighted by molar-refractivity contribution is -1.02. The average molecular weight is 429 g/mol. The van der Waals surface area contributed by atoms with E-state index in [-0.39, 0.29) is 11.7 Å². The maximum absolute atomic E-state index is 12.2. The first kappa shape index (κ1) is 22.0. The van der Waals surface area contributed by atoms with Gasteiger partial charge in [-0.15, -0.1) is 6.58 Å². The first-order chi connectivity index (χ1) is 14.6. The Morgan fingerprint density at radius 2 is 1.80 bits per heavy atom. The van der Waals surface area contributed by atoms with Gasteiger partial charge in [-0.25, -0.2) is 5.43 Å². The van der Waals surface area contributed by atoms with E-state index >= 15 is 0 Å². The molecule has 0 saturated carbocycles. The minimum Gasteiger partial charge on any atom is -0.507 e. The second-order valence-electron chi connectivity index (χ2n) is 7.59. The SMILES string of the molecule is C=CCc1cccc(/C=N/NC(=O)C[NH+]2CC[NH+](Cc3ccccc3Cl)CC2)c1O. The summed E-state index contributed by atoms with van der Waals surface area (Å²) in [7, 11) is 0. The quantitative estimate of drug-likeness (QED) is 0.276. The normalized spacial score (nSPS) is 19.0. The van der Waals surface area contributed by atoms with E-state index in [0.717, 1.165) is 43.3 Å². The third kappa shape index (κ3) is 6.16. The lowest BCUT2D eigenvalue weighted by Crippen LogP contribution is -3.28. The van der Waals surface area contributed by atoms with Crippen LogP contribution in [0.1, 0.15) is 16.7 Å². The van der Waals surface area contributed by atoms with Crippen molar-refractivity contribution in [2.45, 2.75) is 13.0 Å². The number of phenols is 1. The summed E-state index contributed by atoms with van der Waals surface area (Å²) >= 11 is 6.26. The Bertz CT molecular complexity index is 908. The molecule has 1 fully saturated rings. The Hall–Kier alpha value is -2.67. The number of hydrogen-bond acceptors (Lipinski definition) is 3. The van der Waals surface area contributed by atoms with Gasteiger partial charge < -0.3 is 14.9 Å². The molecule has 1 saturated heterocycles. The molecule has 2 aromatic rings. The number of amides is 1. The minimum atomic E-state index is -0.127. The van der Waals surface area contributed by atoms with Crippen molar-refractivity contribution in [2.24, 2.45) is 5.10 Å². The van der Waals surface area contributed by atoms with Gasteiger partial charge in [0.2, 0.25) is 0 Å². The number of para-hydroxylation sites is 1. The molecule has 158 valence electrons. The summed E-state index contributed by atoms with van der Waals surface area (Å²) in [4.78, 5) is 15.0. The topological polar surface area (TPSA) is 70.6 Å². The number of nitrogens with zero attached hydrogens (tertiary/aromatic N) is 1. The van der Waals surface area contributed by atoms with Gasteiger partial charge in [-0.2, -0.15) is 5.10 Å². The van der Waals surface area contributed by atoms with Gasteiger partial charge in [0.1, 0.15) is 38.5 Å². The fourth-order valence-corrected chi connectivity index (χ4v) is 3.90. The molecule has 0 aromatic heterocycles. The van der Waals surface area contributed by atoms with Crippen molar-refractivity contribution in [1.29, 1.82) is 0 Å². The van der Waals surface area contributed by atoms with Crippen molar-refractivity contribution in [3.63, 3.8) is 0 Å². The summed E-state index contributed by atoms with van der Waals surface area (Å²) in [5.74, 6) is 0.0381. The minimum absolute atomic E-state index is 0.127. The van der Waals surface area contributed by atoms with Crippen LogP contribution in [-0.4, -0.2) is 50.0 Å². The summed E-state index contributed by atoms with van der Waals surface area (Å²) in [5.41, 5.74) is 5.09. The Morgan fingerprint density at radius 3 is 2.53 bits per heavy atom. The van der Waals surface area contributed by atoms with Crippen LogP contribution < -0.4 is 15.2 Å². The van der Waals surface area contributed by atoms with Crippen LogP contribution in [0.15, 0.2) is 60.2 Å². The number of rotatable bonds is 8. The van der Waals surface area contributed by atoms with E-state index in [9.17, 15) is 9.90 Å². The van der Waals surface area contributed by atoms with Gasteiger partial charge in [0.25, 0.3) is 5.91 Å². The highest BCUT2D eigenvalue weighted by atomic mass is 35.5. The third-order valence-corrected chi connectivity index (χ3v) is 5.75. The van der Waals surface area contributed by atoms with E-state index in [1.54, 1.807) is 12.1 Å². The van der Waals surface area contributed by atoms with Gasteiger partial charge in [-0.3, -0.25) is 4.79 Å². The fraction of sp³-hybridized carbons (Fsp3) is 0.304. The molecular weight excluding hydrogens is 400 g/mol. The molecule has 0 aliphatic carbocycles. The molecular formula is C23H29ClN4O2+2. The summed E-state index contributed by atoms with van der Waals surface area (Å²) < 4.78 is 0. The lowest BCUT2D eigenvalue weighted by Gasteiger charge is -2.29. The molecule has 0 atom stereocenters. The van der Waals surface area contributed by atoms with Crippen LogP contribution >= 0.6 is 11.6 Å². The zero-order chi connectivity index (χ0) is 21.3. The van der Waals surface area contributed by atoms with E-state index in [4.69, 9.17) is 11.6 Å². The number of benzene rings is 2. The van der Waals surface area contributed by atoms with E-state index < -0.39 is 0 Å². The molecule has 6 nitrogen and oxygen atoms in total. The average Bonchev–Trinajstić information content (AvgIpc) is 2.74. The standard InChI is InChI=1S/C23H27ClN4O2/c1-2-6-18-8-5-9-19(23(18)30)15-25-26-22(29)17-28-13-11-27(12-14-28)16-20-7-3-4-10-21(20)24/h2-5,7-10,15,30H,1,6,11-14,16-17H2,(H,26,29)/p+2/b25-15+. The molecule has 4 N–H and O–H groups in total. The number of phenolic OH excluding ortho intramolecular Hbond substituents is 1. The summed E-state index contributed by atoms with van der Waals surface area (Å²) in [6, 6.07) is 13.4. The van der Waals surface area contributed by atoms with E-state index in [0.29, 0.717) is 18.5 Å². The first-order valence-corrected chi connectivity index (χ1v) is 10.6. The Morgan fingerprint density at radius 1 is 1.10 bits per heavy atom. The maximum Gasteiger partial charge on any atom is 0.295 e. The van der Waals surface area contributed by atoms with Gasteiger partial charge >= 0.3 is 0 Å². The molecule has 3 rings (SSSR count). The van der Waals surface area contributed by atoms with E-state index in [1.165, 1.54) is 21.6 Å². The van der Waals surface area contributed by atoms with Crippen LogP contribution in [0, 0.1) is 0 Å². The Kier molecular flexibility index (Phi) is 8.02. The summed E-state index contributed by atoms with van der Waals surface area (Å²) in [6.45, 7) is 8.85. The number of hydrogen-bond donors (Lipinski definition) is 4. The van der Waals surface area contributed by atoms with Gasteiger partial charge in [-0.1, -0.05) is 48.0 Å². The molecule has 0 radical (unpaired) electrons. The van der Waals surface area contributed by atoms with Gasteiger partial charge in [0, 0.05) is 16.1 Å². The molecule has 1 amide bonds. The van der Waals surface area contributed by atoms with E-state index in [1.807, 2.05) is 30.3 Å². The number of allylic oxidation sites excluding steroid dienone is 1. The maximum atomic E-state index is 12.2. The highest BCUT2D eigenvalue weighted by Crippen LogP contribution is 2.21. The molecule has 1 aliphatic heterocycles. The van der Waals surface area contributed by atoms with Crippen molar-refractivity contribution in [3.8, 4) is 5.75 Å². The summed E-state index contributed by atoms with van der Waals surface area (Å²) in [5, 5.41) is 15.1. The molecule has 1 heterocycles. The van der Waals surface area contributed by atoms with Crippen molar-refractivity contribution < 1.29 is 19.7 Å². The highest BCUT2D eigenvalue weighted by molar-refractivity contribution is 6.31. The second-order valence-corrected chi connectivity index (χ2v) is 7.99. The Balaban J connectivity index is 1.43. The molecule has 0 bridgehead atoms. The van der Waals surface area contributed by atoms with Crippen LogP contribution in [0.5, 0.6) is 5.75 Å². The van der Waals surface area contributed by atoms with Gasteiger partial charge in [0.15, 0.2) is 6.54 Å². The predicted octanol–water partition coefficient (Wildman–Crippen LogP) is 0.208. The zero-order valence-electron chi connectivity index (χ0n) is 17.0. The van der Waals surface area contributed by atoms with E-state index in [2.05, 4.69) is 23.2 Å². The Labute approximate surface area is 182 Å². The molecule has 0 unspecified atom stereocenters.